The van der Waals surface area contributed by atoms with Gasteiger partial charge in [-0.05, 0) is 29.8 Å². The molecule has 26 heavy (non-hydrogen) atoms. The first-order valence-corrected chi connectivity index (χ1v) is 9.64. The Hall–Kier alpha value is -2.92. The minimum atomic E-state index is -3.66. The number of nitriles is 1. The van der Waals surface area contributed by atoms with Crippen molar-refractivity contribution in [2.75, 3.05) is 17.1 Å². The third-order valence-corrected chi connectivity index (χ3v) is 4.82. The molecule has 0 fully saturated rings. The number of nitrogens with one attached hydrogen (secondary N) is 1. The van der Waals surface area contributed by atoms with Gasteiger partial charge in [-0.25, -0.2) is 12.8 Å². The fourth-order valence-electron chi connectivity index (χ4n) is 2.34. The van der Waals surface area contributed by atoms with Crippen LogP contribution in [0.5, 0.6) is 0 Å². The standard InChI is InChI=1S/C18H18FN3O3S/c1-26(24,25)22(17-5-3-2-4-15(17)12-20)11-10-18(23)21-13-14-6-8-16(19)9-7-14/h2-9H,10-11,13H2,1H3,(H,21,23). The molecule has 0 aromatic heterocycles. The Morgan fingerprint density at radius 1 is 1.19 bits per heavy atom. The van der Waals surface area contributed by atoms with Crippen molar-refractivity contribution in [2.45, 2.75) is 13.0 Å². The molecule has 0 bridgehead atoms. The van der Waals surface area contributed by atoms with Gasteiger partial charge < -0.3 is 5.32 Å². The summed E-state index contributed by atoms with van der Waals surface area (Å²) in [6.45, 7) is 0.125. The molecule has 0 atom stereocenters. The van der Waals surface area contributed by atoms with Crippen LogP contribution in [0, 0.1) is 17.1 Å². The van der Waals surface area contributed by atoms with E-state index in [0.29, 0.717) is 0 Å². The monoisotopic (exact) mass is 375 g/mol. The molecule has 0 unspecified atom stereocenters. The Bertz CT molecular complexity index is 921. The third-order valence-electron chi connectivity index (χ3n) is 3.64. The molecule has 0 saturated heterocycles. The number of halogens is 1. The highest BCUT2D eigenvalue weighted by atomic mass is 32.2. The number of anilines is 1. The third kappa shape index (κ3) is 5.29. The zero-order valence-electron chi connectivity index (χ0n) is 14.1. The predicted octanol–water partition coefficient (Wildman–Crippen LogP) is 2.17. The highest BCUT2D eigenvalue weighted by molar-refractivity contribution is 7.92. The highest BCUT2D eigenvalue weighted by Gasteiger charge is 2.21. The van der Waals surface area contributed by atoms with Crippen LogP contribution in [-0.2, 0) is 21.4 Å². The summed E-state index contributed by atoms with van der Waals surface area (Å²) in [5, 5.41) is 11.8. The fraction of sp³-hybridized carbons (Fsp3) is 0.222. The van der Waals surface area contributed by atoms with Gasteiger partial charge in [0.1, 0.15) is 11.9 Å². The van der Waals surface area contributed by atoms with Crippen LogP contribution in [0.1, 0.15) is 17.5 Å². The van der Waals surface area contributed by atoms with E-state index in [-0.39, 0.29) is 42.5 Å². The first-order valence-electron chi connectivity index (χ1n) is 7.79. The van der Waals surface area contributed by atoms with Gasteiger partial charge in [-0.2, -0.15) is 5.26 Å². The lowest BCUT2D eigenvalue weighted by Gasteiger charge is -2.23. The SMILES string of the molecule is CS(=O)(=O)N(CCC(=O)NCc1ccc(F)cc1)c1ccccc1C#N. The predicted molar refractivity (Wildman–Crippen MR) is 96.2 cm³/mol. The molecule has 136 valence electrons. The number of amides is 1. The maximum absolute atomic E-state index is 12.9. The van der Waals surface area contributed by atoms with Crippen LogP contribution in [0.2, 0.25) is 0 Å². The van der Waals surface area contributed by atoms with E-state index in [4.69, 9.17) is 5.26 Å². The number of para-hydroxylation sites is 1. The number of sulfonamides is 1. The summed E-state index contributed by atoms with van der Waals surface area (Å²) in [6, 6.07) is 14.0. The number of benzene rings is 2. The van der Waals surface area contributed by atoms with Gasteiger partial charge in [-0.1, -0.05) is 24.3 Å². The van der Waals surface area contributed by atoms with Crippen molar-refractivity contribution >= 4 is 21.6 Å². The van der Waals surface area contributed by atoms with Crippen LogP contribution >= 0.6 is 0 Å². The number of rotatable bonds is 7. The molecule has 2 aromatic carbocycles. The second kappa shape index (κ2) is 8.45. The molecule has 8 heteroatoms. The second-order valence-corrected chi connectivity index (χ2v) is 7.52. The lowest BCUT2D eigenvalue weighted by atomic mass is 10.2. The average molecular weight is 375 g/mol. The van der Waals surface area contributed by atoms with Crippen LogP contribution < -0.4 is 9.62 Å². The Kier molecular flexibility index (Phi) is 6.31. The topological polar surface area (TPSA) is 90.3 Å². The summed E-state index contributed by atoms with van der Waals surface area (Å²) in [6.07, 6.45) is 0.950. The Morgan fingerprint density at radius 2 is 1.85 bits per heavy atom. The van der Waals surface area contributed by atoms with Gasteiger partial charge in [-0.3, -0.25) is 9.10 Å². The second-order valence-electron chi connectivity index (χ2n) is 5.62. The Morgan fingerprint density at radius 3 is 2.46 bits per heavy atom. The molecule has 0 radical (unpaired) electrons. The van der Waals surface area contributed by atoms with E-state index in [0.717, 1.165) is 16.1 Å². The van der Waals surface area contributed by atoms with Crippen molar-refractivity contribution in [1.29, 1.82) is 5.26 Å². The molecular weight excluding hydrogens is 357 g/mol. The van der Waals surface area contributed by atoms with Gasteiger partial charge in [-0.15, -0.1) is 0 Å². The fourth-order valence-corrected chi connectivity index (χ4v) is 3.28. The zero-order valence-corrected chi connectivity index (χ0v) is 15.0. The molecule has 1 N–H and O–H groups in total. The van der Waals surface area contributed by atoms with Crippen molar-refractivity contribution < 1.29 is 17.6 Å². The summed E-state index contributed by atoms with van der Waals surface area (Å²) >= 11 is 0. The molecule has 2 aromatic rings. The molecule has 0 aliphatic rings. The van der Waals surface area contributed by atoms with Crippen molar-refractivity contribution in [3.05, 3.63) is 65.5 Å². The molecule has 0 heterocycles. The maximum Gasteiger partial charge on any atom is 0.232 e. The smallest absolute Gasteiger partial charge is 0.232 e. The molecule has 0 saturated carbocycles. The van der Waals surface area contributed by atoms with Gasteiger partial charge in [0.25, 0.3) is 0 Å². The van der Waals surface area contributed by atoms with E-state index in [9.17, 15) is 17.6 Å². The quantitative estimate of drug-likeness (QED) is 0.803. The molecule has 0 aliphatic carbocycles. The first-order chi connectivity index (χ1) is 12.3. The molecule has 2 rings (SSSR count). The summed E-state index contributed by atoms with van der Waals surface area (Å²) in [4.78, 5) is 12.0. The van der Waals surface area contributed by atoms with Gasteiger partial charge in [0.15, 0.2) is 0 Å². The summed E-state index contributed by atoms with van der Waals surface area (Å²) < 4.78 is 38.0. The lowest BCUT2D eigenvalue weighted by Crippen LogP contribution is -2.35. The first kappa shape index (κ1) is 19.4. The molecule has 6 nitrogen and oxygen atoms in total. The van der Waals surface area contributed by atoms with E-state index in [1.807, 2.05) is 6.07 Å². The minimum Gasteiger partial charge on any atom is -0.352 e. The number of carbonyl (C=O) groups excluding carboxylic acids is 1. The average Bonchev–Trinajstić information content (AvgIpc) is 2.60. The maximum atomic E-state index is 12.9. The summed E-state index contributed by atoms with van der Waals surface area (Å²) in [7, 11) is -3.66. The van der Waals surface area contributed by atoms with Crippen LogP contribution in [0.4, 0.5) is 10.1 Å². The number of hydrogen-bond donors (Lipinski definition) is 1. The Balaban J connectivity index is 2.02. The van der Waals surface area contributed by atoms with E-state index in [1.54, 1.807) is 24.3 Å². The van der Waals surface area contributed by atoms with Crippen molar-refractivity contribution in [3.63, 3.8) is 0 Å². The van der Waals surface area contributed by atoms with Crippen LogP contribution in [0.15, 0.2) is 48.5 Å². The van der Waals surface area contributed by atoms with Crippen molar-refractivity contribution in [1.82, 2.24) is 5.32 Å². The largest absolute Gasteiger partial charge is 0.352 e. The van der Waals surface area contributed by atoms with E-state index in [1.165, 1.54) is 24.3 Å². The number of nitrogens with zero attached hydrogens (tertiary/aromatic N) is 2. The van der Waals surface area contributed by atoms with E-state index in [2.05, 4.69) is 5.32 Å². The minimum absolute atomic E-state index is 0.0754. The van der Waals surface area contributed by atoms with Crippen molar-refractivity contribution in [2.24, 2.45) is 0 Å². The lowest BCUT2D eigenvalue weighted by molar-refractivity contribution is -0.121. The van der Waals surface area contributed by atoms with Crippen molar-refractivity contribution in [3.8, 4) is 6.07 Å². The highest BCUT2D eigenvalue weighted by Crippen LogP contribution is 2.22. The van der Waals surface area contributed by atoms with Gasteiger partial charge >= 0.3 is 0 Å². The summed E-state index contributed by atoms with van der Waals surface area (Å²) in [5.74, 6) is -0.711. The number of hydrogen-bond acceptors (Lipinski definition) is 4. The van der Waals surface area contributed by atoms with Gasteiger partial charge in [0, 0.05) is 19.5 Å². The summed E-state index contributed by atoms with van der Waals surface area (Å²) in [5.41, 5.74) is 1.18. The molecule has 0 spiro atoms. The number of carbonyl (C=O) groups is 1. The van der Waals surface area contributed by atoms with Crippen LogP contribution in [-0.4, -0.2) is 27.1 Å². The van der Waals surface area contributed by atoms with E-state index < -0.39 is 10.0 Å². The van der Waals surface area contributed by atoms with Gasteiger partial charge in [0.2, 0.25) is 15.9 Å². The van der Waals surface area contributed by atoms with E-state index >= 15 is 0 Å². The Labute approximate surface area is 151 Å². The molecular formula is C18H18FN3O3S. The normalized spacial score (nSPS) is 10.8. The molecule has 1 amide bonds. The van der Waals surface area contributed by atoms with Gasteiger partial charge in [0.05, 0.1) is 17.5 Å². The van der Waals surface area contributed by atoms with Crippen LogP contribution in [0.3, 0.4) is 0 Å². The zero-order chi connectivity index (χ0) is 19.2. The molecule has 0 aliphatic heterocycles. The van der Waals surface area contributed by atoms with Crippen LogP contribution in [0.25, 0.3) is 0 Å².